The number of nitrogens with one attached hydrogen (secondary N) is 2. The number of piperazine rings is 1. The lowest BCUT2D eigenvalue weighted by Crippen LogP contribution is -2.53. The zero-order chi connectivity index (χ0) is 19.2. The largest absolute Gasteiger partial charge is 0.350 e. The minimum absolute atomic E-state index is 0.0572. The Labute approximate surface area is 160 Å². The van der Waals surface area contributed by atoms with Crippen LogP contribution < -0.4 is 10.6 Å². The molecule has 0 aromatic heterocycles. The van der Waals surface area contributed by atoms with Gasteiger partial charge < -0.3 is 10.6 Å². The molecule has 0 radical (unpaired) electrons. The number of nitrogens with zero attached hydrogens (tertiary/aromatic N) is 2. The van der Waals surface area contributed by atoms with Gasteiger partial charge in [-0.1, -0.05) is 30.7 Å². The number of carbonyl (C=O) groups is 2. The van der Waals surface area contributed by atoms with Gasteiger partial charge in [0.15, 0.2) is 0 Å². The van der Waals surface area contributed by atoms with Crippen LogP contribution in [0, 0.1) is 0 Å². The first kappa shape index (κ1) is 20.7. The van der Waals surface area contributed by atoms with E-state index in [2.05, 4.69) is 27.4 Å². The average molecular weight is 381 g/mol. The van der Waals surface area contributed by atoms with Crippen molar-refractivity contribution in [3.05, 3.63) is 29.3 Å². The third-order valence-corrected chi connectivity index (χ3v) is 5.04. The van der Waals surface area contributed by atoms with Crippen LogP contribution in [0.5, 0.6) is 0 Å². The molecule has 0 spiro atoms. The molecule has 1 saturated heterocycles. The van der Waals surface area contributed by atoms with Gasteiger partial charge in [0.1, 0.15) is 0 Å². The Balaban J connectivity index is 1.72. The molecule has 0 aliphatic carbocycles. The van der Waals surface area contributed by atoms with Gasteiger partial charge in [0, 0.05) is 31.7 Å². The summed E-state index contributed by atoms with van der Waals surface area (Å²) in [5, 5.41) is 6.44. The van der Waals surface area contributed by atoms with Crippen LogP contribution in [0.1, 0.15) is 27.2 Å². The number of halogens is 1. The first-order valence-electron chi connectivity index (χ1n) is 9.09. The normalized spacial score (nSPS) is 16.3. The second kappa shape index (κ2) is 9.35. The van der Waals surface area contributed by atoms with Crippen molar-refractivity contribution >= 4 is 29.1 Å². The molecule has 0 saturated carbocycles. The summed E-state index contributed by atoms with van der Waals surface area (Å²) < 4.78 is 0. The molecule has 7 heteroatoms. The molecule has 2 amide bonds. The number of hydrogen-bond donors (Lipinski definition) is 2. The van der Waals surface area contributed by atoms with Gasteiger partial charge in [-0.2, -0.15) is 0 Å². The molecule has 1 aromatic carbocycles. The first-order valence-corrected chi connectivity index (χ1v) is 9.47. The van der Waals surface area contributed by atoms with Crippen molar-refractivity contribution in [3.63, 3.8) is 0 Å². The Bertz CT molecular complexity index is 628. The molecule has 26 heavy (non-hydrogen) atoms. The van der Waals surface area contributed by atoms with Crippen LogP contribution >= 0.6 is 11.6 Å². The number of para-hydroxylation sites is 1. The smallest absolute Gasteiger partial charge is 0.238 e. The standard InChI is InChI=1S/C19H29ClN4O2/c1-4-19(2,3)22-18(26)14-24-11-9-23(10-12-24)13-17(25)21-16-8-6-5-7-15(16)20/h5-8H,4,9-14H2,1-3H3,(H,21,25)(H,22,26). The predicted molar refractivity (Wildman–Crippen MR) is 105 cm³/mol. The lowest BCUT2D eigenvalue weighted by Gasteiger charge is -2.34. The highest BCUT2D eigenvalue weighted by molar-refractivity contribution is 6.33. The van der Waals surface area contributed by atoms with Crippen molar-refractivity contribution in [1.29, 1.82) is 0 Å². The summed E-state index contributed by atoms with van der Waals surface area (Å²) in [5.41, 5.74) is 0.461. The van der Waals surface area contributed by atoms with Gasteiger partial charge in [0.25, 0.3) is 0 Å². The Morgan fingerprint density at radius 1 is 1.04 bits per heavy atom. The molecule has 1 aliphatic rings. The third kappa shape index (κ3) is 6.59. The second-order valence-corrected chi connectivity index (χ2v) is 7.77. The highest BCUT2D eigenvalue weighted by Gasteiger charge is 2.23. The highest BCUT2D eigenvalue weighted by atomic mass is 35.5. The molecule has 1 fully saturated rings. The van der Waals surface area contributed by atoms with E-state index >= 15 is 0 Å². The fourth-order valence-electron chi connectivity index (χ4n) is 2.77. The van der Waals surface area contributed by atoms with Crippen LogP contribution in [0.15, 0.2) is 24.3 Å². The molecule has 144 valence electrons. The molecule has 2 rings (SSSR count). The SMILES string of the molecule is CCC(C)(C)NC(=O)CN1CCN(CC(=O)Nc2ccccc2Cl)CC1. The molecule has 1 aromatic rings. The lowest BCUT2D eigenvalue weighted by atomic mass is 10.0. The van der Waals surface area contributed by atoms with Crippen LogP contribution in [-0.2, 0) is 9.59 Å². The monoisotopic (exact) mass is 380 g/mol. The van der Waals surface area contributed by atoms with Gasteiger partial charge in [-0.3, -0.25) is 19.4 Å². The van der Waals surface area contributed by atoms with Crippen molar-refractivity contribution in [1.82, 2.24) is 15.1 Å². The summed E-state index contributed by atoms with van der Waals surface area (Å²) in [6.45, 7) is 9.93. The van der Waals surface area contributed by atoms with Gasteiger partial charge >= 0.3 is 0 Å². The number of amides is 2. The van der Waals surface area contributed by atoms with Gasteiger partial charge in [-0.05, 0) is 32.4 Å². The fraction of sp³-hybridized carbons (Fsp3) is 0.579. The van der Waals surface area contributed by atoms with E-state index in [0.717, 1.165) is 32.6 Å². The number of hydrogen-bond acceptors (Lipinski definition) is 4. The summed E-state index contributed by atoms with van der Waals surface area (Å²) >= 11 is 6.06. The van der Waals surface area contributed by atoms with Crippen molar-refractivity contribution in [2.75, 3.05) is 44.6 Å². The zero-order valence-electron chi connectivity index (χ0n) is 15.8. The minimum atomic E-state index is -0.171. The van der Waals surface area contributed by atoms with Gasteiger partial charge in [0.2, 0.25) is 11.8 Å². The first-order chi connectivity index (χ1) is 12.3. The number of carbonyl (C=O) groups excluding carboxylic acids is 2. The van der Waals surface area contributed by atoms with Crippen molar-refractivity contribution in [2.24, 2.45) is 0 Å². The molecule has 0 unspecified atom stereocenters. The van der Waals surface area contributed by atoms with Crippen LogP contribution in [-0.4, -0.2) is 66.4 Å². The van der Waals surface area contributed by atoms with Crippen LogP contribution in [0.3, 0.4) is 0 Å². The highest BCUT2D eigenvalue weighted by Crippen LogP contribution is 2.20. The number of rotatable bonds is 7. The fourth-order valence-corrected chi connectivity index (χ4v) is 2.95. The van der Waals surface area contributed by atoms with Crippen molar-refractivity contribution < 1.29 is 9.59 Å². The van der Waals surface area contributed by atoms with Crippen molar-refractivity contribution in [3.8, 4) is 0 Å². The summed E-state index contributed by atoms with van der Waals surface area (Å²) in [6.07, 6.45) is 0.896. The summed E-state index contributed by atoms with van der Waals surface area (Å²) in [6, 6.07) is 7.20. The Kier molecular flexibility index (Phi) is 7.43. The number of benzene rings is 1. The Morgan fingerprint density at radius 3 is 2.12 bits per heavy atom. The zero-order valence-corrected chi connectivity index (χ0v) is 16.6. The van der Waals surface area contributed by atoms with Crippen LogP contribution in [0.4, 0.5) is 5.69 Å². The lowest BCUT2D eigenvalue weighted by molar-refractivity contribution is -0.125. The Hall–Kier alpha value is -1.63. The second-order valence-electron chi connectivity index (χ2n) is 7.37. The molecule has 0 atom stereocenters. The molecular formula is C19H29ClN4O2. The minimum Gasteiger partial charge on any atom is -0.350 e. The van der Waals surface area contributed by atoms with E-state index in [9.17, 15) is 9.59 Å². The molecule has 1 aliphatic heterocycles. The average Bonchev–Trinajstić information content (AvgIpc) is 2.58. The third-order valence-electron chi connectivity index (χ3n) is 4.71. The van der Waals surface area contributed by atoms with Crippen molar-refractivity contribution in [2.45, 2.75) is 32.7 Å². The molecule has 6 nitrogen and oxygen atoms in total. The number of anilines is 1. The van der Waals surface area contributed by atoms with E-state index in [1.165, 1.54) is 0 Å². The Morgan fingerprint density at radius 2 is 1.58 bits per heavy atom. The summed E-state index contributed by atoms with van der Waals surface area (Å²) in [7, 11) is 0. The van der Waals surface area contributed by atoms with E-state index in [4.69, 9.17) is 11.6 Å². The van der Waals surface area contributed by atoms with Gasteiger partial charge in [-0.25, -0.2) is 0 Å². The maximum atomic E-state index is 12.2. The van der Waals surface area contributed by atoms with Crippen LogP contribution in [0.2, 0.25) is 5.02 Å². The van der Waals surface area contributed by atoms with E-state index in [0.29, 0.717) is 23.8 Å². The quantitative estimate of drug-likeness (QED) is 0.761. The van der Waals surface area contributed by atoms with E-state index in [1.54, 1.807) is 12.1 Å². The molecule has 2 N–H and O–H groups in total. The predicted octanol–water partition coefficient (Wildman–Crippen LogP) is 2.20. The summed E-state index contributed by atoms with van der Waals surface area (Å²) in [5.74, 6) is -0.0178. The topological polar surface area (TPSA) is 64.7 Å². The molecule has 0 bridgehead atoms. The molecule has 1 heterocycles. The van der Waals surface area contributed by atoms with Gasteiger partial charge in [-0.15, -0.1) is 0 Å². The maximum absolute atomic E-state index is 12.2. The van der Waals surface area contributed by atoms with Crippen LogP contribution in [0.25, 0.3) is 0 Å². The maximum Gasteiger partial charge on any atom is 0.238 e. The van der Waals surface area contributed by atoms with Gasteiger partial charge in [0.05, 0.1) is 23.8 Å². The molecular weight excluding hydrogens is 352 g/mol. The van der Waals surface area contributed by atoms with E-state index in [-0.39, 0.29) is 17.4 Å². The van der Waals surface area contributed by atoms with E-state index < -0.39 is 0 Å². The summed E-state index contributed by atoms with van der Waals surface area (Å²) in [4.78, 5) is 28.6. The van der Waals surface area contributed by atoms with E-state index in [1.807, 2.05) is 26.0 Å².